The first-order valence-electron chi connectivity index (χ1n) is 6.11. The van der Waals surface area contributed by atoms with Crippen LogP contribution in [-0.2, 0) is 20.0 Å². The highest BCUT2D eigenvalue weighted by Crippen LogP contribution is 2.49. The topological polar surface area (TPSA) is 74.2 Å². The molecule has 1 N–H and O–H groups in total. The number of phenols is 1. The smallest absolute Gasteiger partial charge is 0.504 e. The molecule has 1 heterocycles. The summed E-state index contributed by atoms with van der Waals surface area (Å²) < 4.78 is 31.1. The Kier molecular flexibility index (Phi) is 4.01. The SMILES string of the molecule is [B]O[B]O[P+](=O)Oc1c(O)c2c(c3ccccc13)OCC2. The largest absolute Gasteiger partial charge is 0.736 e. The zero-order valence-electron chi connectivity index (χ0n) is 10.8. The fourth-order valence-corrected chi connectivity index (χ4v) is 2.81. The van der Waals surface area contributed by atoms with E-state index in [1.54, 1.807) is 12.1 Å². The summed E-state index contributed by atoms with van der Waals surface area (Å²) in [7, 11) is 2.85. The number of hydrogen-bond donors (Lipinski definition) is 1. The van der Waals surface area contributed by atoms with E-state index in [4.69, 9.17) is 17.3 Å². The summed E-state index contributed by atoms with van der Waals surface area (Å²) in [6.45, 7) is 0.480. The van der Waals surface area contributed by atoms with Gasteiger partial charge < -0.3 is 14.4 Å². The Morgan fingerprint density at radius 3 is 2.86 bits per heavy atom. The maximum Gasteiger partial charge on any atom is 0.736 e. The Morgan fingerprint density at radius 2 is 2.10 bits per heavy atom. The van der Waals surface area contributed by atoms with Crippen LogP contribution in [0.1, 0.15) is 5.56 Å². The predicted octanol–water partition coefficient (Wildman–Crippen LogP) is 2.17. The average Bonchev–Trinajstić information content (AvgIpc) is 2.99. The summed E-state index contributed by atoms with van der Waals surface area (Å²) in [5.74, 6) is 0.617. The molecule has 6 nitrogen and oxygen atoms in total. The molecule has 0 spiro atoms. The van der Waals surface area contributed by atoms with Crippen molar-refractivity contribution in [2.75, 3.05) is 6.61 Å². The fraction of sp³-hybridized carbons (Fsp3) is 0.167. The lowest BCUT2D eigenvalue weighted by atomic mass is 10.0. The van der Waals surface area contributed by atoms with E-state index in [-0.39, 0.29) is 11.5 Å². The minimum Gasteiger partial charge on any atom is -0.504 e. The lowest BCUT2D eigenvalue weighted by Crippen LogP contribution is -1.98. The third kappa shape index (κ3) is 2.58. The molecule has 2 aromatic carbocycles. The van der Waals surface area contributed by atoms with Gasteiger partial charge in [0.05, 0.1) is 6.61 Å². The summed E-state index contributed by atoms with van der Waals surface area (Å²) >= 11 is 0. The van der Waals surface area contributed by atoms with Crippen molar-refractivity contribution in [3.8, 4) is 17.2 Å². The van der Waals surface area contributed by atoms with Crippen molar-refractivity contribution in [1.29, 1.82) is 0 Å². The lowest BCUT2D eigenvalue weighted by Gasteiger charge is -2.09. The second-order valence-electron chi connectivity index (χ2n) is 4.28. The summed E-state index contributed by atoms with van der Waals surface area (Å²) in [4.78, 5) is 0. The quantitative estimate of drug-likeness (QED) is 0.674. The van der Waals surface area contributed by atoms with E-state index in [1.807, 2.05) is 12.1 Å². The first kappa shape index (κ1) is 14.2. The van der Waals surface area contributed by atoms with Gasteiger partial charge in [0.25, 0.3) is 8.05 Å². The Morgan fingerprint density at radius 1 is 1.33 bits per heavy atom. The highest BCUT2D eigenvalue weighted by atomic mass is 31.1. The number of aromatic hydroxyl groups is 1. The highest BCUT2D eigenvalue weighted by Gasteiger charge is 2.31. The molecular formula is C12H9B2O6P+. The molecule has 3 rings (SSSR count). The number of rotatable bonds is 5. The summed E-state index contributed by atoms with van der Waals surface area (Å²) in [6.07, 6.45) is 0.554. The third-order valence-electron chi connectivity index (χ3n) is 3.14. The molecule has 1 aliphatic rings. The number of hydrogen-bond acceptors (Lipinski definition) is 6. The van der Waals surface area contributed by atoms with Crippen molar-refractivity contribution in [2.45, 2.75) is 6.42 Å². The van der Waals surface area contributed by atoms with Gasteiger partial charge in [-0.25, -0.2) is 4.52 Å². The fourth-order valence-electron chi connectivity index (χ4n) is 2.31. The van der Waals surface area contributed by atoms with Crippen LogP contribution in [0.2, 0.25) is 0 Å². The minimum atomic E-state index is -2.57. The van der Waals surface area contributed by atoms with Crippen molar-refractivity contribution < 1.29 is 27.9 Å². The van der Waals surface area contributed by atoms with Crippen LogP contribution in [0.4, 0.5) is 0 Å². The van der Waals surface area contributed by atoms with Crippen molar-refractivity contribution in [2.24, 2.45) is 0 Å². The third-order valence-corrected chi connectivity index (χ3v) is 3.73. The van der Waals surface area contributed by atoms with Crippen LogP contribution in [0.15, 0.2) is 24.3 Å². The molecule has 1 unspecified atom stereocenters. The van der Waals surface area contributed by atoms with Crippen molar-refractivity contribution >= 4 is 34.8 Å². The minimum absolute atomic E-state index is 0.0846. The van der Waals surface area contributed by atoms with E-state index < -0.39 is 8.25 Å². The number of ether oxygens (including phenoxy) is 1. The van der Waals surface area contributed by atoms with Gasteiger partial charge in [-0.15, -0.1) is 4.44 Å². The van der Waals surface area contributed by atoms with Gasteiger partial charge in [-0.05, 0) is 0 Å². The van der Waals surface area contributed by atoms with Crippen LogP contribution in [-0.4, -0.2) is 27.4 Å². The molecule has 0 saturated carbocycles. The van der Waals surface area contributed by atoms with E-state index in [0.717, 1.165) is 5.39 Å². The molecule has 0 amide bonds. The molecule has 21 heavy (non-hydrogen) atoms. The molecule has 0 aliphatic carbocycles. The number of fused-ring (bicyclic) bond motifs is 3. The second-order valence-corrected chi connectivity index (χ2v) is 5.12. The van der Waals surface area contributed by atoms with E-state index in [0.29, 0.717) is 37.4 Å². The van der Waals surface area contributed by atoms with E-state index >= 15 is 0 Å². The van der Waals surface area contributed by atoms with E-state index in [2.05, 4.69) is 9.01 Å². The van der Waals surface area contributed by atoms with Gasteiger partial charge in [0.2, 0.25) is 5.75 Å². The Balaban J connectivity index is 2.07. The molecular weight excluding hydrogens is 293 g/mol. The van der Waals surface area contributed by atoms with Crippen molar-refractivity contribution in [1.82, 2.24) is 0 Å². The van der Waals surface area contributed by atoms with Crippen molar-refractivity contribution in [3.05, 3.63) is 29.8 Å². The number of phenolic OH excluding ortho intramolecular Hbond substituents is 1. The van der Waals surface area contributed by atoms with Gasteiger partial charge in [0.1, 0.15) is 5.75 Å². The van der Waals surface area contributed by atoms with Crippen LogP contribution in [0.5, 0.6) is 17.2 Å². The van der Waals surface area contributed by atoms with Crippen LogP contribution in [0.25, 0.3) is 10.8 Å². The van der Waals surface area contributed by atoms with Gasteiger partial charge in [-0.1, -0.05) is 24.3 Å². The van der Waals surface area contributed by atoms with Crippen LogP contribution in [0, 0.1) is 0 Å². The van der Waals surface area contributed by atoms with Crippen LogP contribution < -0.4 is 9.26 Å². The first-order valence-corrected chi connectivity index (χ1v) is 7.20. The Bertz CT molecular complexity index is 708. The van der Waals surface area contributed by atoms with Gasteiger partial charge in [0.15, 0.2) is 5.75 Å². The molecule has 3 radical (unpaired) electrons. The normalized spacial score (nSPS) is 13.6. The van der Waals surface area contributed by atoms with Crippen LogP contribution in [0.3, 0.4) is 0 Å². The molecule has 9 heteroatoms. The molecule has 2 aromatic rings. The van der Waals surface area contributed by atoms with E-state index in [9.17, 15) is 9.67 Å². The van der Waals surface area contributed by atoms with Crippen LogP contribution >= 0.6 is 8.25 Å². The molecule has 1 aliphatic heterocycles. The summed E-state index contributed by atoms with van der Waals surface area (Å²) in [5.41, 5.74) is 0.631. The molecule has 0 fully saturated rings. The first-order chi connectivity index (χ1) is 10.2. The number of benzene rings is 2. The molecule has 1 atom stereocenters. The molecule has 103 valence electrons. The molecule has 0 saturated heterocycles. The molecule has 0 bridgehead atoms. The van der Waals surface area contributed by atoms with Gasteiger partial charge in [0, 0.05) is 27.3 Å². The zero-order chi connectivity index (χ0) is 14.8. The highest BCUT2D eigenvalue weighted by molar-refractivity contribution is 7.35. The standard InChI is InChI=1S/C12H8B2O6P/c13-19-14-20-21(16)18-12-8-4-2-1-3-7(8)11-9(10(12)15)5-6-17-11/h1-4H,5-6H2/p+1. The van der Waals surface area contributed by atoms with E-state index in [1.165, 1.54) is 0 Å². The van der Waals surface area contributed by atoms with Gasteiger partial charge in [-0.2, -0.15) is 0 Å². The Hall–Kier alpha value is -1.75. The zero-order valence-corrected chi connectivity index (χ0v) is 11.7. The molecule has 0 aromatic heterocycles. The van der Waals surface area contributed by atoms with Gasteiger partial charge in [-0.3, -0.25) is 0 Å². The Labute approximate surface area is 123 Å². The van der Waals surface area contributed by atoms with Gasteiger partial charge >= 0.3 is 15.9 Å². The maximum atomic E-state index is 11.7. The average molecular weight is 302 g/mol. The monoisotopic (exact) mass is 302 g/mol. The summed E-state index contributed by atoms with van der Waals surface area (Å²) in [6, 6.07) is 7.20. The lowest BCUT2D eigenvalue weighted by molar-refractivity contribution is 0.360. The summed E-state index contributed by atoms with van der Waals surface area (Å²) in [5, 5.41) is 11.7. The van der Waals surface area contributed by atoms with Crippen molar-refractivity contribution in [3.63, 3.8) is 0 Å². The maximum absolute atomic E-state index is 11.7. The predicted molar refractivity (Wildman–Crippen MR) is 76.7 cm³/mol. The second kappa shape index (κ2) is 5.93.